The maximum absolute atomic E-state index is 12.2. The number of hydrogen-bond donors (Lipinski definition) is 1. The number of rotatable bonds is 9. The number of ether oxygens (including phenoxy) is 2. The van der Waals surface area contributed by atoms with Crippen LogP contribution in [-0.4, -0.2) is 67.0 Å². The third-order valence-electron chi connectivity index (χ3n) is 4.50. The van der Waals surface area contributed by atoms with Crippen molar-refractivity contribution < 1.29 is 14.3 Å². The van der Waals surface area contributed by atoms with Crippen molar-refractivity contribution in [2.75, 3.05) is 56.0 Å². The van der Waals surface area contributed by atoms with Gasteiger partial charge in [0.1, 0.15) is 17.2 Å². The molecular formula is C20H26N4O3S2. The average molecular weight is 435 g/mol. The molecule has 1 N–H and O–H groups in total. The number of nitrogens with zero attached hydrogens (tertiary/aromatic N) is 3. The summed E-state index contributed by atoms with van der Waals surface area (Å²) in [4.78, 5) is 23.1. The first kappa shape index (κ1) is 21.6. The Labute approximate surface area is 180 Å². The molecule has 0 atom stereocenters. The van der Waals surface area contributed by atoms with E-state index in [1.807, 2.05) is 36.0 Å². The first-order valence-electron chi connectivity index (χ1n) is 9.44. The fraction of sp³-hybridized carbons (Fsp3) is 0.450. The number of methoxy groups -OCH3 is 2. The molecule has 0 radical (unpaired) electrons. The van der Waals surface area contributed by atoms with Crippen LogP contribution >= 0.6 is 23.5 Å². The molecule has 0 aliphatic carbocycles. The highest BCUT2D eigenvalue weighted by Gasteiger charge is 2.13. The van der Waals surface area contributed by atoms with Crippen LogP contribution in [0.5, 0.6) is 11.5 Å². The molecule has 0 unspecified atom stereocenters. The first-order chi connectivity index (χ1) is 14.2. The Hall–Kier alpha value is -2.13. The maximum Gasteiger partial charge on any atom is 0.230 e. The summed E-state index contributed by atoms with van der Waals surface area (Å²) >= 11 is 3.40. The quantitative estimate of drug-likeness (QED) is 0.477. The second kappa shape index (κ2) is 11.2. The number of aromatic nitrogens is 2. The van der Waals surface area contributed by atoms with Crippen LogP contribution in [-0.2, 0) is 11.2 Å². The lowest BCUT2D eigenvalue weighted by Crippen LogP contribution is -2.33. The van der Waals surface area contributed by atoms with Crippen molar-refractivity contribution >= 4 is 35.2 Å². The topological polar surface area (TPSA) is 76.6 Å². The summed E-state index contributed by atoms with van der Waals surface area (Å²) in [5.41, 5.74) is 1.08. The molecule has 3 rings (SSSR count). The highest BCUT2D eigenvalue weighted by atomic mass is 32.2. The van der Waals surface area contributed by atoms with E-state index in [2.05, 4.69) is 20.2 Å². The third kappa shape index (κ3) is 6.43. The molecule has 0 bridgehead atoms. The number of benzene rings is 1. The van der Waals surface area contributed by atoms with Crippen molar-refractivity contribution in [1.82, 2.24) is 15.3 Å². The van der Waals surface area contributed by atoms with E-state index in [4.69, 9.17) is 9.47 Å². The second-order valence-electron chi connectivity index (χ2n) is 6.39. The van der Waals surface area contributed by atoms with E-state index in [1.54, 1.807) is 20.5 Å². The number of hydrogen-bond acceptors (Lipinski definition) is 8. The fourth-order valence-corrected chi connectivity index (χ4v) is 4.54. The third-order valence-corrected chi connectivity index (χ3v) is 6.37. The minimum absolute atomic E-state index is 0.00925. The van der Waals surface area contributed by atoms with E-state index in [9.17, 15) is 4.79 Å². The normalized spacial score (nSPS) is 13.8. The van der Waals surface area contributed by atoms with Gasteiger partial charge in [-0.05, 0) is 24.1 Å². The van der Waals surface area contributed by atoms with Gasteiger partial charge in [-0.15, -0.1) is 0 Å². The van der Waals surface area contributed by atoms with Crippen LogP contribution < -0.4 is 19.7 Å². The molecule has 1 amide bonds. The lowest BCUT2D eigenvalue weighted by atomic mass is 10.1. The molecule has 29 heavy (non-hydrogen) atoms. The molecule has 1 aliphatic rings. The largest absolute Gasteiger partial charge is 0.493 e. The van der Waals surface area contributed by atoms with E-state index in [0.717, 1.165) is 47.4 Å². The molecule has 9 heteroatoms. The summed E-state index contributed by atoms with van der Waals surface area (Å²) in [5.74, 6) is 4.90. The summed E-state index contributed by atoms with van der Waals surface area (Å²) in [5, 5.41) is 3.78. The molecule has 1 fully saturated rings. The summed E-state index contributed by atoms with van der Waals surface area (Å²) in [6.07, 6.45) is 2.30. The number of carbonyl (C=O) groups excluding carboxylic acids is 1. The van der Waals surface area contributed by atoms with Crippen LogP contribution in [0.25, 0.3) is 0 Å². The molecule has 1 aliphatic heterocycles. The molecule has 2 heterocycles. The highest BCUT2D eigenvalue weighted by molar-refractivity contribution is 8.00. The Morgan fingerprint density at radius 3 is 2.72 bits per heavy atom. The Balaban J connectivity index is 1.43. The number of carbonyl (C=O) groups is 1. The zero-order valence-electron chi connectivity index (χ0n) is 16.7. The summed E-state index contributed by atoms with van der Waals surface area (Å²) in [7, 11) is 3.23. The summed E-state index contributed by atoms with van der Waals surface area (Å²) in [6.45, 7) is 2.57. The smallest absolute Gasteiger partial charge is 0.230 e. The molecule has 1 aromatic heterocycles. The van der Waals surface area contributed by atoms with Crippen molar-refractivity contribution in [1.29, 1.82) is 0 Å². The standard InChI is InChI=1S/C20H26N4O3S2/c1-26-16-4-3-15(11-17(16)27-2)5-6-21-19(25)13-29-20-12-18(22-14-23-20)24-7-9-28-10-8-24/h3-4,11-12,14H,5-10,13H2,1-2H3,(H,21,25). The molecule has 2 aromatic rings. The monoisotopic (exact) mass is 434 g/mol. The van der Waals surface area contributed by atoms with Crippen LogP contribution in [0.3, 0.4) is 0 Å². The second-order valence-corrected chi connectivity index (χ2v) is 8.61. The Bertz CT molecular complexity index is 816. The van der Waals surface area contributed by atoms with Gasteiger partial charge in [0.2, 0.25) is 5.91 Å². The predicted octanol–water partition coefficient (Wildman–Crippen LogP) is 2.50. The van der Waals surface area contributed by atoms with Gasteiger partial charge in [-0.3, -0.25) is 4.79 Å². The molecule has 1 aromatic carbocycles. The number of thioether (sulfide) groups is 2. The van der Waals surface area contributed by atoms with E-state index in [-0.39, 0.29) is 5.91 Å². The van der Waals surface area contributed by atoms with Gasteiger partial charge in [-0.1, -0.05) is 17.8 Å². The lowest BCUT2D eigenvalue weighted by Gasteiger charge is -2.27. The summed E-state index contributed by atoms with van der Waals surface area (Å²) in [6, 6.07) is 7.75. The van der Waals surface area contributed by atoms with Crippen molar-refractivity contribution in [3.05, 3.63) is 36.2 Å². The van der Waals surface area contributed by atoms with Gasteiger partial charge < -0.3 is 19.7 Å². The predicted molar refractivity (Wildman–Crippen MR) is 119 cm³/mol. The van der Waals surface area contributed by atoms with Crippen molar-refractivity contribution in [3.63, 3.8) is 0 Å². The number of amides is 1. The van der Waals surface area contributed by atoms with Crippen molar-refractivity contribution in [2.45, 2.75) is 11.4 Å². The van der Waals surface area contributed by atoms with Gasteiger partial charge >= 0.3 is 0 Å². The minimum atomic E-state index is -0.00925. The number of anilines is 1. The van der Waals surface area contributed by atoms with Gasteiger partial charge in [0.05, 0.1) is 20.0 Å². The zero-order chi connectivity index (χ0) is 20.5. The van der Waals surface area contributed by atoms with E-state index < -0.39 is 0 Å². The molecular weight excluding hydrogens is 408 g/mol. The Morgan fingerprint density at radius 2 is 1.97 bits per heavy atom. The van der Waals surface area contributed by atoms with E-state index in [0.29, 0.717) is 23.8 Å². The van der Waals surface area contributed by atoms with Crippen LogP contribution in [0.15, 0.2) is 35.6 Å². The zero-order valence-corrected chi connectivity index (χ0v) is 18.4. The van der Waals surface area contributed by atoms with Gasteiger partial charge in [0.25, 0.3) is 0 Å². The molecule has 0 spiro atoms. The summed E-state index contributed by atoms with van der Waals surface area (Å²) < 4.78 is 10.6. The van der Waals surface area contributed by atoms with Crippen LogP contribution in [0, 0.1) is 0 Å². The van der Waals surface area contributed by atoms with Crippen molar-refractivity contribution in [3.8, 4) is 11.5 Å². The van der Waals surface area contributed by atoms with E-state index in [1.165, 1.54) is 11.8 Å². The molecule has 0 saturated carbocycles. The Morgan fingerprint density at radius 1 is 1.17 bits per heavy atom. The molecule has 7 nitrogen and oxygen atoms in total. The van der Waals surface area contributed by atoms with E-state index >= 15 is 0 Å². The fourth-order valence-electron chi connectivity index (χ4n) is 2.95. The maximum atomic E-state index is 12.2. The SMILES string of the molecule is COc1ccc(CCNC(=O)CSc2cc(N3CCSCC3)ncn2)cc1OC. The molecule has 1 saturated heterocycles. The van der Waals surface area contributed by atoms with Crippen LogP contribution in [0.2, 0.25) is 0 Å². The van der Waals surface area contributed by atoms with Gasteiger partial charge in [0, 0.05) is 37.2 Å². The Kier molecular flexibility index (Phi) is 8.30. The number of nitrogens with one attached hydrogen (secondary N) is 1. The highest BCUT2D eigenvalue weighted by Crippen LogP contribution is 2.27. The first-order valence-corrected chi connectivity index (χ1v) is 11.6. The lowest BCUT2D eigenvalue weighted by molar-refractivity contribution is -0.118. The molecule has 156 valence electrons. The minimum Gasteiger partial charge on any atom is -0.493 e. The van der Waals surface area contributed by atoms with Crippen LogP contribution in [0.4, 0.5) is 5.82 Å². The average Bonchev–Trinajstić information content (AvgIpc) is 2.78. The van der Waals surface area contributed by atoms with Gasteiger partial charge in [-0.25, -0.2) is 9.97 Å². The van der Waals surface area contributed by atoms with Crippen molar-refractivity contribution in [2.24, 2.45) is 0 Å². The van der Waals surface area contributed by atoms with Crippen LogP contribution in [0.1, 0.15) is 5.56 Å². The van der Waals surface area contributed by atoms with Gasteiger partial charge in [-0.2, -0.15) is 11.8 Å². The van der Waals surface area contributed by atoms with Gasteiger partial charge in [0.15, 0.2) is 11.5 Å².